The number of halogens is 1. The van der Waals surface area contributed by atoms with E-state index >= 15 is 0 Å². The third-order valence-corrected chi connectivity index (χ3v) is 3.38. The zero-order valence-corrected chi connectivity index (χ0v) is 15.0. The second-order valence-corrected chi connectivity index (χ2v) is 5.96. The molecule has 24 heavy (non-hydrogen) atoms. The van der Waals surface area contributed by atoms with E-state index in [1.165, 1.54) is 0 Å². The van der Waals surface area contributed by atoms with E-state index in [0.29, 0.717) is 13.2 Å². The van der Waals surface area contributed by atoms with E-state index in [0.717, 1.165) is 27.6 Å². The topological polar surface area (TPSA) is 42.8 Å². The van der Waals surface area contributed by atoms with Crippen LogP contribution in [0.2, 0.25) is 5.02 Å². The zero-order chi connectivity index (χ0) is 17.4. The summed E-state index contributed by atoms with van der Waals surface area (Å²) in [5, 5.41) is 4.98. The van der Waals surface area contributed by atoms with Crippen molar-refractivity contribution in [2.24, 2.45) is 5.10 Å². The molecule has 0 spiro atoms. The second kappa shape index (κ2) is 9.18. The molecule has 0 unspecified atom stereocenters. The number of nitrogens with zero attached hydrogens (tertiary/aromatic N) is 1. The van der Waals surface area contributed by atoms with Crippen molar-refractivity contribution in [1.82, 2.24) is 5.43 Å². The van der Waals surface area contributed by atoms with E-state index in [2.05, 4.69) is 10.5 Å². The number of hydrogen-bond acceptors (Lipinski definition) is 4. The maximum absolute atomic E-state index is 5.87. The molecule has 0 atom stereocenters. The normalized spacial score (nSPS) is 11.0. The quantitative estimate of drug-likeness (QED) is 0.559. The van der Waals surface area contributed by atoms with E-state index in [1.807, 2.05) is 63.2 Å². The molecule has 0 aromatic heterocycles. The van der Waals surface area contributed by atoms with Gasteiger partial charge in [-0.3, -0.25) is 0 Å². The summed E-state index contributed by atoms with van der Waals surface area (Å²) in [7, 11) is 0. The molecular formula is C19H23ClN2O2. The lowest BCUT2D eigenvalue weighted by molar-refractivity contribution is 0.224. The van der Waals surface area contributed by atoms with E-state index in [9.17, 15) is 0 Å². The van der Waals surface area contributed by atoms with Crippen molar-refractivity contribution in [3.8, 4) is 11.5 Å². The summed E-state index contributed by atoms with van der Waals surface area (Å²) in [6.07, 6.45) is 1.86. The molecule has 0 amide bonds. The van der Waals surface area contributed by atoms with Crippen LogP contribution >= 0.6 is 11.6 Å². The summed E-state index contributed by atoms with van der Waals surface area (Å²) >= 11 is 5.87. The largest absolute Gasteiger partial charge is 0.490 e. The van der Waals surface area contributed by atoms with Crippen molar-refractivity contribution in [2.45, 2.75) is 33.4 Å². The molecule has 0 aliphatic heterocycles. The summed E-state index contributed by atoms with van der Waals surface area (Å²) in [4.78, 5) is 0. The number of rotatable bonds is 8. The fraction of sp³-hybridized carbons (Fsp3) is 0.316. The van der Waals surface area contributed by atoms with Gasteiger partial charge in [-0.25, -0.2) is 0 Å². The van der Waals surface area contributed by atoms with Gasteiger partial charge in [-0.15, -0.1) is 0 Å². The lowest BCUT2D eigenvalue weighted by Gasteiger charge is -2.14. The van der Waals surface area contributed by atoms with Gasteiger partial charge in [0.2, 0.25) is 0 Å². The monoisotopic (exact) mass is 346 g/mol. The van der Waals surface area contributed by atoms with Crippen LogP contribution in [0, 0.1) is 0 Å². The number of ether oxygens (including phenoxy) is 2. The minimum Gasteiger partial charge on any atom is -0.490 e. The maximum atomic E-state index is 5.87. The third-order valence-electron chi connectivity index (χ3n) is 3.13. The Labute approximate surface area is 148 Å². The van der Waals surface area contributed by atoms with Crippen LogP contribution in [0.1, 0.15) is 31.9 Å². The van der Waals surface area contributed by atoms with Crippen molar-refractivity contribution in [3.63, 3.8) is 0 Å². The molecule has 1 N–H and O–H groups in total. The van der Waals surface area contributed by atoms with Gasteiger partial charge in [0, 0.05) is 5.02 Å². The molecule has 128 valence electrons. The standard InChI is InChI=1S/C19H23ClN2O2/c1-4-23-19-11-16(7-10-18(19)24-14(2)3)13-22-21-12-15-5-8-17(20)9-6-15/h5-11,13-14,21H,4,12H2,1-3H3/b22-13-. The first kappa shape index (κ1) is 18.1. The van der Waals surface area contributed by atoms with Gasteiger partial charge in [-0.05, 0) is 62.2 Å². The SMILES string of the molecule is CCOc1cc(/C=N\NCc2ccc(Cl)cc2)ccc1OC(C)C. The molecule has 2 aromatic carbocycles. The van der Waals surface area contributed by atoms with Gasteiger partial charge in [-0.2, -0.15) is 5.10 Å². The molecule has 0 radical (unpaired) electrons. The number of nitrogens with one attached hydrogen (secondary N) is 1. The first-order chi connectivity index (χ1) is 11.6. The van der Waals surface area contributed by atoms with Crippen LogP contribution in [-0.4, -0.2) is 18.9 Å². The molecule has 0 fully saturated rings. The number of hydrogen-bond donors (Lipinski definition) is 1. The smallest absolute Gasteiger partial charge is 0.161 e. The van der Waals surface area contributed by atoms with Gasteiger partial charge in [-0.1, -0.05) is 23.7 Å². The minimum atomic E-state index is 0.102. The van der Waals surface area contributed by atoms with Crippen LogP contribution in [0.25, 0.3) is 0 Å². The van der Waals surface area contributed by atoms with E-state index < -0.39 is 0 Å². The molecule has 2 rings (SSSR count). The summed E-state index contributed by atoms with van der Waals surface area (Å²) in [6.45, 7) is 7.16. The second-order valence-electron chi connectivity index (χ2n) is 5.53. The Morgan fingerprint density at radius 1 is 1.12 bits per heavy atom. The lowest BCUT2D eigenvalue weighted by Crippen LogP contribution is -2.08. The molecule has 4 nitrogen and oxygen atoms in total. The molecule has 5 heteroatoms. The van der Waals surface area contributed by atoms with Gasteiger partial charge < -0.3 is 14.9 Å². The van der Waals surface area contributed by atoms with Crippen LogP contribution in [0.4, 0.5) is 0 Å². The van der Waals surface area contributed by atoms with Crippen LogP contribution in [0.15, 0.2) is 47.6 Å². The summed E-state index contributed by atoms with van der Waals surface area (Å²) in [5.74, 6) is 1.48. The first-order valence-electron chi connectivity index (χ1n) is 8.02. The van der Waals surface area contributed by atoms with Gasteiger partial charge in [0.05, 0.1) is 25.5 Å². The van der Waals surface area contributed by atoms with E-state index in [-0.39, 0.29) is 6.10 Å². The Morgan fingerprint density at radius 3 is 2.54 bits per heavy atom. The predicted octanol–water partition coefficient (Wildman–Crippen LogP) is 4.65. The van der Waals surface area contributed by atoms with Crippen molar-refractivity contribution in [1.29, 1.82) is 0 Å². The zero-order valence-electron chi connectivity index (χ0n) is 14.3. The molecule has 2 aromatic rings. The average molecular weight is 347 g/mol. The van der Waals surface area contributed by atoms with Crippen LogP contribution < -0.4 is 14.9 Å². The molecule has 0 saturated carbocycles. The maximum Gasteiger partial charge on any atom is 0.161 e. The van der Waals surface area contributed by atoms with Gasteiger partial charge in [0.25, 0.3) is 0 Å². The van der Waals surface area contributed by atoms with Gasteiger partial charge in [0.15, 0.2) is 11.5 Å². The lowest BCUT2D eigenvalue weighted by atomic mass is 10.2. The number of hydrazone groups is 1. The summed E-state index contributed by atoms with van der Waals surface area (Å²) in [5.41, 5.74) is 5.08. The number of benzene rings is 2. The molecule has 0 aliphatic carbocycles. The molecule has 0 aliphatic rings. The van der Waals surface area contributed by atoms with E-state index in [1.54, 1.807) is 6.21 Å². The van der Waals surface area contributed by atoms with Gasteiger partial charge in [0.1, 0.15) is 0 Å². The third kappa shape index (κ3) is 5.78. The molecule has 0 bridgehead atoms. The Kier molecular flexibility index (Phi) is 6.94. The highest BCUT2D eigenvalue weighted by molar-refractivity contribution is 6.30. The fourth-order valence-electron chi connectivity index (χ4n) is 2.08. The first-order valence-corrected chi connectivity index (χ1v) is 8.40. The molecular weight excluding hydrogens is 324 g/mol. The van der Waals surface area contributed by atoms with Crippen LogP contribution in [0.3, 0.4) is 0 Å². The summed E-state index contributed by atoms with van der Waals surface area (Å²) in [6, 6.07) is 13.5. The van der Waals surface area contributed by atoms with Crippen LogP contribution in [-0.2, 0) is 6.54 Å². The Bertz CT molecular complexity index is 670. The van der Waals surface area contributed by atoms with Gasteiger partial charge >= 0.3 is 0 Å². The molecule has 0 saturated heterocycles. The van der Waals surface area contributed by atoms with Crippen molar-refractivity contribution >= 4 is 17.8 Å². The predicted molar refractivity (Wildman–Crippen MR) is 99.3 cm³/mol. The van der Waals surface area contributed by atoms with Crippen molar-refractivity contribution in [2.75, 3.05) is 6.61 Å². The minimum absolute atomic E-state index is 0.102. The highest BCUT2D eigenvalue weighted by Gasteiger charge is 2.07. The highest BCUT2D eigenvalue weighted by Crippen LogP contribution is 2.28. The van der Waals surface area contributed by atoms with E-state index in [4.69, 9.17) is 21.1 Å². The fourth-order valence-corrected chi connectivity index (χ4v) is 2.21. The summed E-state index contributed by atoms with van der Waals surface area (Å²) < 4.78 is 11.4. The highest BCUT2D eigenvalue weighted by atomic mass is 35.5. The Hall–Kier alpha value is -2.20. The molecule has 0 heterocycles. The van der Waals surface area contributed by atoms with Crippen molar-refractivity contribution < 1.29 is 9.47 Å². The Morgan fingerprint density at radius 2 is 1.88 bits per heavy atom. The van der Waals surface area contributed by atoms with Crippen molar-refractivity contribution in [3.05, 3.63) is 58.6 Å². The Balaban J connectivity index is 1.97. The van der Waals surface area contributed by atoms with Crippen LogP contribution in [0.5, 0.6) is 11.5 Å². The average Bonchev–Trinajstić information content (AvgIpc) is 2.55.